The van der Waals surface area contributed by atoms with Crippen molar-refractivity contribution in [2.75, 3.05) is 25.2 Å². The van der Waals surface area contributed by atoms with Crippen LogP contribution in [0.5, 0.6) is 11.5 Å². The summed E-state index contributed by atoms with van der Waals surface area (Å²) in [7, 11) is 0. The van der Waals surface area contributed by atoms with Crippen LogP contribution in [0.3, 0.4) is 0 Å². The first-order valence-electron chi connectivity index (χ1n) is 5.57. The van der Waals surface area contributed by atoms with Crippen molar-refractivity contribution in [2.24, 2.45) is 0 Å². The molecule has 2 heterocycles. The van der Waals surface area contributed by atoms with Crippen LogP contribution >= 0.6 is 11.8 Å². The molecule has 0 spiro atoms. The van der Waals surface area contributed by atoms with Crippen LogP contribution in [0.15, 0.2) is 23.1 Å². The van der Waals surface area contributed by atoms with E-state index in [-0.39, 0.29) is 0 Å². The van der Waals surface area contributed by atoms with E-state index in [1.807, 2.05) is 24.5 Å². The number of rotatable bonds is 2. The number of aromatic amines is 1. The van der Waals surface area contributed by atoms with E-state index in [9.17, 15) is 0 Å². The number of nitrogens with zero attached hydrogens (tertiary/aromatic N) is 1. The average Bonchev–Trinajstić information content (AvgIpc) is 2.84. The molecule has 0 bridgehead atoms. The molecule has 0 saturated carbocycles. The molecule has 94 valence electrons. The molecule has 1 aliphatic rings. The summed E-state index contributed by atoms with van der Waals surface area (Å²) < 4.78 is 11.3. The van der Waals surface area contributed by atoms with E-state index in [2.05, 4.69) is 10.2 Å². The highest BCUT2D eigenvalue weighted by Crippen LogP contribution is 2.44. The number of nitrogens with two attached hydrogens (primary N) is 1. The molecule has 1 aliphatic heterocycles. The summed E-state index contributed by atoms with van der Waals surface area (Å²) in [5, 5.41) is 6.87. The normalized spacial score (nSPS) is 13.6. The third-order valence-corrected chi connectivity index (χ3v) is 3.57. The van der Waals surface area contributed by atoms with Crippen molar-refractivity contribution in [3.63, 3.8) is 0 Å². The van der Waals surface area contributed by atoms with Gasteiger partial charge in [-0.15, -0.1) is 11.8 Å². The second-order valence-electron chi connectivity index (χ2n) is 3.88. The maximum atomic E-state index is 5.70. The van der Waals surface area contributed by atoms with Crippen LogP contribution in [0.25, 0.3) is 11.3 Å². The van der Waals surface area contributed by atoms with Gasteiger partial charge in [0.15, 0.2) is 11.5 Å². The average molecular weight is 263 g/mol. The van der Waals surface area contributed by atoms with E-state index < -0.39 is 0 Å². The molecule has 0 atom stereocenters. The summed E-state index contributed by atoms with van der Waals surface area (Å²) in [6, 6.07) is 5.72. The Bertz CT molecular complexity index is 583. The van der Waals surface area contributed by atoms with Gasteiger partial charge >= 0.3 is 0 Å². The van der Waals surface area contributed by atoms with Crippen molar-refractivity contribution < 1.29 is 9.47 Å². The van der Waals surface area contributed by atoms with Crippen LogP contribution < -0.4 is 15.2 Å². The van der Waals surface area contributed by atoms with Crippen LogP contribution in [-0.4, -0.2) is 29.7 Å². The Kier molecular flexibility index (Phi) is 2.79. The van der Waals surface area contributed by atoms with Crippen molar-refractivity contribution in [1.29, 1.82) is 0 Å². The fourth-order valence-corrected chi connectivity index (χ4v) is 2.72. The van der Waals surface area contributed by atoms with Crippen LogP contribution in [0.4, 0.5) is 5.82 Å². The number of benzene rings is 1. The second-order valence-corrected chi connectivity index (χ2v) is 4.69. The smallest absolute Gasteiger partial charge is 0.175 e. The number of thioether (sulfide) groups is 1. The molecule has 0 fully saturated rings. The number of H-pyrrole nitrogens is 1. The summed E-state index contributed by atoms with van der Waals surface area (Å²) in [6.07, 6.45) is 2.01. The third kappa shape index (κ3) is 1.78. The standard InChI is InChI=1S/C12H13N3O2S/c1-18-12-7(8-6-10(13)15-14-8)2-3-9-11(12)17-5-4-16-9/h2-3,6H,4-5H2,1H3,(H3,13,14,15). The minimum absolute atomic E-state index is 0.479. The Morgan fingerprint density at radius 3 is 2.89 bits per heavy atom. The molecule has 2 aromatic rings. The minimum atomic E-state index is 0.479. The van der Waals surface area contributed by atoms with Crippen molar-refractivity contribution >= 4 is 17.6 Å². The Balaban J connectivity index is 2.15. The fourth-order valence-electron chi connectivity index (χ4n) is 1.98. The highest BCUT2D eigenvalue weighted by Gasteiger charge is 2.20. The summed E-state index contributed by atoms with van der Waals surface area (Å²) >= 11 is 1.62. The number of hydrogen-bond donors (Lipinski definition) is 2. The number of nitrogen functional groups attached to an aromatic ring is 1. The van der Waals surface area contributed by atoms with Gasteiger partial charge in [0, 0.05) is 11.6 Å². The molecule has 18 heavy (non-hydrogen) atoms. The molecule has 0 saturated heterocycles. The molecule has 0 amide bonds. The number of nitrogens with one attached hydrogen (secondary N) is 1. The zero-order valence-electron chi connectivity index (χ0n) is 9.90. The summed E-state index contributed by atoms with van der Waals surface area (Å²) in [5.74, 6) is 2.08. The first kappa shape index (κ1) is 11.3. The van der Waals surface area contributed by atoms with Gasteiger partial charge in [0.2, 0.25) is 0 Å². The van der Waals surface area contributed by atoms with Crippen LogP contribution in [0, 0.1) is 0 Å². The van der Waals surface area contributed by atoms with Gasteiger partial charge in [-0.1, -0.05) is 0 Å². The van der Waals surface area contributed by atoms with Gasteiger partial charge in [-0.3, -0.25) is 5.10 Å². The molecule has 6 heteroatoms. The summed E-state index contributed by atoms with van der Waals surface area (Å²) in [5.41, 5.74) is 7.55. The zero-order chi connectivity index (χ0) is 12.5. The number of hydrogen-bond acceptors (Lipinski definition) is 5. The van der Waals surface area contributed by atoms with Gasteiger partial charge in [0.1, 0.15) is 19.0 Å². The molecule has 5 nitrogen and oxygen atoms in total. The fraction of sp³-hybridized carbons (Fsp3) is 0.250. The number of anilines is 1. The van der Waals surface area contributed by atoms with Crippen molar-refractivity contribution in [1.82, 2.24) is 10.2 Å². The molecule has 0 unspecified atom stereocenters. The molecule has 0 radical (unpaired) electrons. The van der Waals surface area contributed by atoms with Gasteiger partial charge in [0.25, 0.3) is 0 Å². The van der Waals surface area contributed by atoms with Crippen molar-refractivity contribution in [2.45, 2.75) is 4.90 Å². The molecule has 1 aromatic heterocycles. The topological polar surface area (TPSA) is 73.2 Å². The van der Waals surface area contributed by atoms with Crippen LogP contribution in [0.2, 0.25) is 0 Å². The zero-order valence-corrected chi connectivity index (χ0v) is 10.7. The molecule has 1 aromatic carbocycles. The number of ether oxygens (including phenoxy) is 2. The summed E-state index contributed by atoms with van der Waals surface area (Å²) in [6.45, 7) is 1.17. The van der Waals surface area contributed by atoms with Gasteiger partial charge < -0.3 is 15.2 Å². The Hall–Kier alpha value is -1.82. The molecular formula is C12H13N3O2S. The lowest BCUT2D eigenvalue weighted by atomic mass is 10.1. The first-order chi connectivity index (χ1) is 8.79. The Morgan fingerprint density at radius 1 is 1.33 bits per heavy atom. The Morgan fingerprint density at radius 2 is 2.17 bits per heavy atom. The van der Waals surface area contributed by atoms with Crippen molar-refractivity contribution in [3.05, 3.63) is 18.2 Å². The maximum Gasteiger partial charge on any atom is 0.175 e. The first-order valence-corrected chi connectivity index (χ1v) is 6.80. The van der Waals surface area contributed by atoms with E-state index in [0.29, 0.717) is 19.0 Å². The monoisotopic (exact) mass is 263 g/mol. The lowest BCUT2D eigenvalue weighted by Gasteiger charge is -2.21. The van der Waals surface area contributed by atoms with E-state index >= 15 is 0 Å². The number of fused-ring (bicyclic) bond motifs is 1. The van der Waals surface area contributed by atoms with E-state index in [0.717, 1.165) is 27.7 Å². The second kappa shape index (κ2) is 4.45. The molecule has 0 aliphatic carbocycles. The Labute approximate surface area is 109 Å². The van der Waals surface area contributed by atoms with Gasteiger partial charge in [-0.25, -0.2) is 0 Å². The van der Waals surface area contributed by atoms with Crippen LogP contribution in [0.1, 0.15) is 0 Å². The lowest BCUT2D eigenvalue weighted by molar-refractivity contribution is 0.167. The lowest BCUT2D eigenvalue weighted by Crippen LogP contribution is -2.16. The molecular weight excluding hydrogens is 250 g/mol. The molecule has 3 N–H and O–H groups in total. The largest absolute Gasteiger partial charge is 0.486 e. The molecule has 3 rings (SSSR count). The van der Waals surface area contributed by atoms with Crippen LogP contribution in [-0.2, 0) is 0 Å². The predicted octanol–water partition coefficient (Wildman–Crippen LogP) is 2.15. The van der Waals surface area contributed by atoms with Gasteiger partial charge in [0.05, 0.1) is 10.6 Å². The highest BCUT2D eigenvalue weighted by atomic mass is 32.2. The quantitative estimate of drug-likeness (QED) is 0.812. The highest BCUT2D eigenvalue weighted by molar-refractivity contribution is 7.98. The summed E-state index contributed by atoms with van der Waals surface area (Å²) in [4.78, 5) is 1.04. The SMILES string of the molecule is CSc1c(-c2cc(N)n[nH]2)ccc2c1OCCO2. The van der Waals surface area contributed by atoms with Crippen molar-refractivity contribution in [3.8, 4) is 22.8 Å². The van der Waals surface area contributed by atoms with Gasteiger partial charge in [-0.2, -0.15) is 5.10 Å². The third-order valence-electron chi connectivity index (χ3n) is 2.76. The van der Waals surface area contributed by atoms with Gasteiger partial charge in [-0.05, 0) is 18.4 Å². The number of aromatic nitrogens is 2. The maximum absolute atomic E-state index is 5.70. The predicted molar refractivity (Wildman–Crippen MR) is 71.2 cm³/mol. The van der Waals surface area contributed by atoms with E-state index in [1.54, 1.807) is 11.8 Å². The van der Waals surface area contributed by atoms with E-state index in [1.165, 1.54) is 0 Å². The minimum Gasteiger partial charge on any atom is -0.486 e. The van der Waals surface area contributed by atoms with E-state index in [4.69, 9.17) is 15.2 Å².